The van der Waals surface area contributed by atoms with E-state index in [1.165, 1.54) is 19.2 Å². The standard InChI is InChI=1S/C14H10BrFN2O2/c1-20-7-2-3-8(13(19)4-7)14-17-11-5-9(15)10(16)6-12(11)18-14/h2-6,19H,1H3,(H,17,18). The molecule has 0 bridgehead atoms. The number of nitrogens with one attached hydrogen (secondary N) is 1. The maximum atomic E-state index is 13.5. The van der Waals surface area contributed by atoms with E-state index >= 15 is 0 Å². The molecule has 2 N–H and O–H groups in total. The molecule has 0 radical (unpaired) electrons. The van der Waals surface area contributed by atoms with Gasteiger partial charge in [0.1, 0.15) is 23.1 Å². The Morgan fingerprint density at radius 2 is 2.10 bits per heavy atom. The van der Waals surface area contributed by atoms with E-state index in [4.69, 9.17) is 4.74 Å². The van der Waals surface area contributed by atoms with E-state index in [-0.39, 0.29) is 11.6 Å². The van der Waals surface area contributed by atoms with Crippen LogP contribution in [0.25, 0.3) is 22.4 Å². The summed E-state index contributed by atoms with van der Waals surface area (Å²) in [6.07, 6.45) is 0. The van der Waals surface area contributed by atoms with Crippen molar-refractivity contribution in [3.63, 3.8) is 0 Å². The van der Waals surface area contributed by atoms with Crippen molar-refractivity contribution in [3.05, 3.63) is 40.6 Å². The number of benzene rings is 2. The SMILES string of the molecule is COc1ccc(-c2nc3cc(Br)c(F)cc3[nH]2)c(O)c1. The van der Waals surface area contributed by atoms with Crippen LogP contribution in [-0.2, 0) is 0 Å². The largest absolute Gasteiger partial charge is 0.507 e. The summed E-state index contributed by atoms with van der Waals surface area (Å²) >= 11 is 3.12. The molecule has 1 heterocycles. The summed E-state index contributed by atoms with van der Waals surface area (Å²) in [5.41, 5.74) is 1.71. The van der Waals surface area contributed by atoms with Crippen LogP contribution in [0.3, 0.4) is 0 Å². The number of H-pyrrole nitrogens is 1. The van der Waals surface area contributed by atoms with Gasteiger partial charge in [-0.25, -0.2) is 9.37 Å². The van der Waals surface area contributed by atoms with Crippen molar-refractivity contribution in [2.24, 2.45) is 0 Å². The number of halogens is 2. The molecule has 0 saturated carbocycles. The van der Waals surface area contributed by atoms with Crippen molar-refractivity contribution >= 4 is 27.0 Å². The average molecular weight is 337 g/mol. The zero-order valence-corrected chi connectivity index (χ0v) is 12.0. The lowest BCUT2D eigenvalue weighted by Crippen LogP contribution is -1.85. The van der Waals surface area contributed by atoms with Crippen molar-refractivity contribution in [2.75, 3.05) is 7.11 Å². The van der Waals surface area contributed by atoms with Crippen LogP contribution >= 0.6 is 15.9 Å². The molecule has 0 spiro atoms. The summed E-state index contributed by atoms with van der Waals surface area (Å²) < 4.78 is 18.9. The zero-order chi connectivity index (χ0) is 14.3. The average Bonchev–Trinajstić information content (AvgIpc) is 2.81. The Bertz CT molecular complexity index is 762. The van der Waals surface area contributed by atoms with Crippen LogP contribution in [0.1, 0.15) is 0 Å². The number of nitrogens with zero attached hydrogens (tertiary/aromatic N) is 1. The van der Waals surface area contributed by atoms with E-state index in [1.54, 1.807) is 18.2 Å². The Kier molecular flexibility index (Phi) is 3.10. The second kappa shape index (κ2) is 4.79. The topological polar surface area (TPSA) is 58.1 Å². The maximum Gasteiger partial charge on any atom is 0.142 e. The molecule has 0 aliphatic rings. The van der Waals surface area contributed by atoms with Crippen LogP contribution in [0, 0.1) is 5.82 Å². The number of aromatic amines is 1. The third-order valence-electron chi connectivity index (χ3n) is 2.98. The minimum absolute atomic E-state index is 0.0444. The molecule has 3 aromatic rings. The van der Waals surface area contributed by atoms with E-state index in [9.17, 15) is 9.50 Å². The molecule has 3 rings (SSSR count). The van der Waals surface area contributed by atoms with Crippen LogP contribution in [0.5, 0.6) is 11.5 Å². The molecular formula is C14H10BrFN2O2. The molecule has 4 nitrogen and oxygen atoms in total. The second-order valence-corrected chi connectivity index (χ2v) is 5.11. The first-order chi connectivity index (χ1) is 9.58. The number of hydrogen-bond acceptors (Lipinski definition) is 3. The monoisotopic (exact) mass is 336 g/mol. The summed E-state index contributed by atoms with van der Waals surface area (Å²) in [5, 5.41) is 9.99. The molecule has 20 heavy (non-hydrogen) atoms. The summed E-state index contributed by atoms with van der Waals surface area (Å²) in [6, 6.07) is 7.86. The molecule has 0 atom stereocenters. The quantitative estimate of drug-likeness (QED) is 0.747. The first-order valence-corrected chi connectivity index (χ1v) is 6.60. The predicted molar refractivity (Wildman–Crippen MR) is 77.4 cm³/mol. The summed E-state index contributed by atoms with van der Waals surface area (Å²) in [6.45, 7) is 0. The zero-order valence-electron chi connectivity index (χ0n) is 10.4. The Balaban J connectivity index is 2.15. The molecule has 102 valence electrons. The highest BCUT2D eigenvalue weighted by Gasteiger charge is 2.12. The number of fused-ring (bicyclic) bond motifs is 1. The number of aromatic hydroxyl groups is 1. The second-order valence-electron chi connectivity index (χ2n) is 4.25. The lowest BCUT2D eigenvalue weighted by molar-refractivity contribution is 0.408. The molecule has 0 aliphatic heterocycles. The van der Waals surface area contributed by atoms with Gasteiger partial charge in [-0.3, -0.25) is 0 Å². The Morgan fingerprint density at radius 3 is 2.80 bits per heavy atom. The van der Waals surface area contributed by atoms with Crippen molar-refractivity contribution in [1.29, 1.82) is 0 Å². The molecule has 6 heteroatoms. The van der Waals surface area contributed by atoms with Gasteiger partial charge >= 0.3 is 0 Å². The van der Waals surface area contributed by atoms with Crippen LogP contribution < -0.4 is 4.74 Å². The van der Waals surface area contributed by atoms with Crippen molar-refractivity contribution in [2.45, 2.75) is 0 Å². The molecule has 0 aliphatic carbocycles. The number of imidazole rings is 1. The predicted octanol–water partition coefficient (Wildman–Crippen LogP) is 3.85. The van der Waals surface area contributed by atoms with E-state index in [1.807, 2.05) is 0 Å². The molecule has 0 unspecified atom stereocenters. The van der Waals surface area contributed by atoms with Gasteiger partial charge in [0.05, 0.1) is 28.2 Å². The number of phenols is 1. The van der Waals surface area contributed by atoms with Gasteiger partial charge in [0, 0.05) is 12.1 Å². The van der Waals surface area contributed by atoms with E-state index < -0.39 is 0 Å². The van der Waals surface area contributed by atoms with E-state index in [2.05, 4.69) is 25.9 Å². The van der Waals surface area contributed by atoms with Gasteiger partial charge in [-0.15, -0.1) is 0 Å². The third-order valence-corrected chi connectivity index (χ3v) is 3.59. The van der Waals surface area contributed by atoms with Gasteiger partial charge in [0.15, 0.2) is 0 Å². The molecule has 1 aromatic heterocycles. The first-order valence-electron chi connectivity index (χ1n) is 5.80. The fourth-order valence-corrected chi connectivity index (χ4v) is 2.30. The number of ether oxygens (including phenoxy) is 1. The highest BCUT2D eigenvalue weighted by molar-refractivity contribution is 9.10. The molecule has 0 amide bonds. The normalized spacial score (nSPS) is 10.9. The van der Waals surface area contributed by atoms with Gasteiger partial charge in [0.2, 0.25) is 0 Å². The van der Waals surface area contributed by atoms with Crippen molar-refractivity contribution in [3.8, 4) is 22.9 Å². The Hall–Kier alpha value is -2.08. The number of methoxy groups -OCH3 is 1. The van der Waals surface area contributed by atoms with Crippen LogP contribution in [0.15, 0.2) is 34.8 Å². The van der Waals surface area contributed by atoms with Gasteiger partial charge in [-0.1, -0.05) is 0 Å². The van der Waals surface area contributed by atoms with E-state index in [0.717, 1.165) is 0 Å². The summed E-state index contributed by atoms with van der Waals surface area (Å²) in [7, 11) is 1.52. The number of aromatic nitrogens is 2. The number of phenolic OH excluding ortho intramolecular Hbond substituents is 1. The van der Waals surface area contributed by atoms with Gasteiger partial charge < -0.3 is 14.8 Å². The molecular weight excluding hydrogens is 327 g/mol. The number of hydrogen-bond donors (Lipinski definition) is 2. The molecule has 0 saturated heterocycles. The Morgan fingerprint density at radius 1 is 1.30 bits per heavy atom. The fourth-order valence-electron chi connectivity index (χ4n) is 1.97. The minimum atomic E-state index is -0.369. The van der Waals surface area contributed by atoms with Crippen LogP contribution in [-0.4, -0.2) is 22.2 Å². The van der Waals surface area contributed by atoms with Gasteiger partial charge in [-0.05, 0) is 34.1 Å². The maximum absolute atomic E-state index is 13.5. The molecule has 2 aromatic carbocycles. The highest BCUT2D eigenvalue weighted by atomic mass is 79.9. The fraction of sp³-hybridized carbons (Fsp3) is 0.0714. The van der Waals surface area contributed by atoms with Crippen LogP contribution in [0.2, 0.25) is 0 Å². The third kappa shape index (κ3) is 2.12. The van der Waals surface area contributed by atoms with Crippen LogP contribution in [0.4, 0.5) is 4.39 Å². The lowest BCUT2D eigenvalue weighted by Gasteiger charge is -2.04. The Labute approximate surface area is 122 Å². The lowest BCUT2D eigenvalue weighted by atomic mass is 10.2. The summed E-state index contributed by atoms with van der Waals surface area (Å²) in [4.78, 5) is 7.33. The number of rotatable bonds is 2. The minimum Gasteiger partial charge on any atom is -0.507 e. The first kappa shape index (κ1) is 12.9. The molecule has 0 fully saturated rings. The van der Waals surface area contributed by atoms with Crippen molar-refractivity contribution in [1.82, 2.24) is 9.97 Å². The van der Waals surface area contributed by atoms with Gasteiger partial charge in [0.25, 0.3) is 0 Å². The van der Waals surface area contributed by atoms with E-state index in [0.29, 0.717) is 32.6 Å². The van der Waals surface area contributed by atoms with Gasteiger partial charge in [-0.2, -0.15) is 0 Å². The highest BCUT2D eigenvalue weighted by Crippen LogP contribution is 2.32. The van der Waals surface area contributed by atoms with Crippen molar-refractivity contribution < 1.29 is 14.2 Å². The smallest absolute Gasteiger partial charge is 0.142 e. The summed E-state index contributed by atoms with van der Waals surface area (Å²) in [5.74, 6) is 0.698.